The molecule has 2 aliphatic heterocycles. The van der Waals surface area contributed by atoms with E-state index in [1.807, 2.05) is 0 Å². The minimum absolute atomic E-state index is 0.183. The molecule has 0 aromatic carbocycles. The van der Waals surface area contributed by atoms with Crippen LogP contribution >= 0.6 is 0 Å². The normalized spacial score (nSPS) is 26.7. The van der Waals surface area contributed by atoms with Crippen molar-refractivity contribution in [2.45, 2.75) is 44.6 Å². The van der Waals surface area contributed by atoms with Gasteiger partial charge in [0.2, 0.25) is 5.91 Å². The van der Waals surface area contributed by atoms with Crippen LogP contribution in [0.4, 0.5) is 0 Å². The number of rotatable bonds is 4. The van der Waals surface area contributed by atoms with Crippen LogP contribution in [-0.4, -0.2) is 38.3 Å². The molecule has 17 heavy (non-hydrogen) atoms. The molecule has 0 radical (unpaired) electrons. The van der Waals surface area contributed by atoms with Crippen LogP contribution in [-0.2, 0) is 9.53 Å². The van der Waals surface area contributed by atoms with Crippen molar-refractivity contribution in [2.24, 2.45) is 5.92 Å². The third-order valence-corrected chi connectivity index (χ3v) is 3.80. The van der Waals surface area contributed by atoms with Gasteiger partial charge in [0.15, 0.2) is 0 Å². The molecule has 0 spiro atoms. The van der Waals surface area contributed by atoms with Gasteiger partial charge >= 0.3 is 0 Å². The van der Waals surface area contributed by atoms with Crippen molar-refractivity contribution in [3.8, 4) is 0 Å². The third kappa shape index (κ3) is 4.28. The van der Waals surface area contributed by atoms with Crippen LogP contribution in [0.5, 0.6) is 0 Å². The first kappa shape index (κ1) is 12.8. The van der Waals surface area contributed by atoms with Gasteiger partial charge in [0.05, 0.1) is 0 Å². The molecule has 1 amide bonds. The molecule has 98 valence electrons. The van der Waals surface area contributed by atoms with Gasteiger partial charge in [-0.15, -0.1) is 0 Å². The number of carbonyl (C=O) groups excluding carboxylic acids is 1. The average Bonchev–Trinajstić information content (AvgIpc) is 2.41. The van der Waals surface area contributed by atoms with Crippen LogP contribution in [0, 0.1) is 5.92 Å². The first-order valence-corrected chi connectivity index (χ1v) is 6.95. The van der Waals surface area contributed by atoms with Crippen molar-refractivity contribution in [2.75, 3.05) is 26.3 Å². The van der Waals surface area contributed by atoms with Crippen LogP contribution in [0.3, 0.4) is 0 Å². The van der Waals surface area contributed by atoms with Crippen LogP contribution < -0.4 is 10.6 Å². The Morgan fingerprint density at radius 3 is 2.76 bits per heavy atom. The van der Waals surface area contributed by atoms with E-state index in [9.17, 15) is 4.79 Å². The molecular weight excluding hydrogens is 216 g/mol. The summed E-state index contributed by atoms with van der Waals surface area (Å²) >= 11 is 0. The zero-order chi connectivity index (χ0) is 11.9. The summed E-state index contributed by atoms with van der Waals surface area (Å²) < 4.78 is 5.26. The van der Waals surface area contributed by atoms with Crippen molar-refractivity contribution in [3.05, 3.63) is 0 Å². The van der Waals surface area contributed by atoms with E-state index in [0.717, 1.165) is 45.6 Å². The van der Waals surface area contributed by atoms with Gasteiger partial charge < -0.3 is 15.4 Å². The van der Waals surface area contributed by atoms with Gasteiger partial charge in [-0.05, 0) is 38.6 Å². The van der Waals surface area contributed by atoms with Crippen molar-refractivity contribution >= 4 is 5.91 Å². The molecule has 0 aliphatic carbocycles. The van der Waals surface area contributed by atoms with Gasteiger partial charge in [-0.2, -0.15) is 0 Å². The summed E-state index contributed by atoms with van der Waals surface area (Å²) in [6, 6.07) is 0.610. The van der Waals surface area contributed by atoms with Crippen molar-refractivity contribution in [1.29, 1.82) is 0 Å². The summed E-state index contributed by atoms with van der Waals surface area (Å²) in [6.07, 6.45) is 6.71. The maximum absolute atomic E-state index is 11.9. The number of hydrogen-bond donors (Lipinski definition) is 2. The first-order chi connectivity index (χ1) is 8.36. The molecule has 0 aromatic rings. The highest BCUT2D eigenvalue weighted by Crippen LogP contribution is 2.14. The minimum atomic E-state index is 0.183. The van der Waals surface area contributed by atoms with E-state index in [1.54, 1.807) is 0 Å². The topological polar surface area (TPSA) is 50.4 Å². The van der Waals surface area contributed by atoms with Crippen LogP contribution in [0.2, 0.25) is 0 Å². The standard InChI is InChI=1S/C13H24N2O2/c16-13(11-5-9-17-10-6-11)15-8-4-12-3-1-2-7-14-12/h11-12,14H,1-10H2,(H,15,16). The molecule has 4 heteroatoms. The number of hydrogen-bond acceptors (Lipinski definition) is 3. The molecule has 2 rings (SSSR count). The lowest BCUT2D eigenvalue weighted by Gasteiger charge is -2.24. The fourth-order valence-electron chi connectivity index (χ4n) is 2.64. The third-order valence-electron chi connectivity index (χ3n) is 3.80. The molecule has 0 saturated carbocycles. The minimum Gasteiger partial charge on any atom is -0.381 e. The maximum Gasteiger partial charge on any atom is 0.223 e. The Hall–Kier alpha value is -0.610. The summed E-state index contributed by atoms with van der Waals surface area (Å²) in [7, 11) is 0. The van der Waals surface area contributed by atoms with Gasteiger partial charge in [-0.25, -0.2) is 0 Å². The van der Waals surface area contributed by atoms with Crippen LogP contribution in [0.15, 0.2) is 0 Å². The van der Waals surface area contributed by atoms with Gasteiger partial charge in [0, 0.05) is 31.7 Å². The number of carbonyl (C=O) groups is 1. The number of piperidine rings is 1. The highest BCUT2D eigenvalue weighted by atomic mass is 16.5. The maximum atomic E-state index is 11.9. The zero-order valence-corrected chi connectivity index (χ0v) is 10.5. The first-order valence-electron chi connectivity index (χ1n) is 6.95. The quantitative estimate of drug-likeness (QED) is 0.772. The number of amides is 1. The predicted octanol–water partition coefficient (Wildman–Crippen LogP) is 1.06. The van der Waals surface area contributed by atoms with Gasteiger partial charge in [-0.3, -0.25) is 4.79 Å². The summed E-state index contributed by atoms with van der Waals surface area (Å²) in [6.45, 7) is 3.43. The van der Waals surface area contributed by atoms with Gasteiger partial charge in [-0.1, -0.05) is 6.42 Å². The Labute approximate surface area is 103 Å². The Bertz CT molecular complexity index is 234. The number of ether oxygens (including phenoxy) is 1. The molecule has 0 bridgehead atoms. The smallest absolute Gasteiger partial charge is 0.223 e. The summed E-state index contributed by atoms with van der Waals surface area (Å²) in [4.78, 5) is 11.9. The lowest BCUT2D eigenvalue weighted by Crippen LogP contribution is -2.39. The fourth-order valence-corrected chi connectivity index (χ4v) is 2.64. The molecule has 2 aliphatic rings. The monoisotopic (exact) mass is 240 g/mol. The zero-order valence-electron chi connectivity index (χ0n) is 10.5. The fraction of sp³-hybridized carbons (Fsp3) is 0.923. The van der Waals surface area contributed by atoms with E-state index in [-0.39, 0.29) is 11.8 Å². The molecule has 2 heterocycles. The van der Waals surface area contributed by atoms with Crippen molar-refractivity contribution in [3.63, 3.8) is 0 Å². The Morgan fingerprint density at radius 1 is 1.24 bits per heavy atom. The van der Waals surface area contributed by atoms with Crippen molar-refractivity contribution < 1.29 is 9.53 Å². The van der Waals surface area contributed by atoms with Gasteiger partial charge in [0.25, 0.3) is 0 Å². The average molecular weight is 240 g/mol. The van der Waals surface area contributed by atoms with Crippen LogP contribution in [0.25, 0.3) is 0 Å². The SMILES string of the molecule is O=C(NCCC1CCCCN1)C1CCOCC1. The highest BCUT2D eigenvalue weighted by molar-refractivity contribution is 5.78. The molecule has 0 aromatic heterocycles. The van der Waals surface area contributed by atoms with Gasteiger partial charge in [0.1, 0.15) is 0 Å². The highest BCUT2D eigenvalue weighted by Gasteiger charge is 2.21. The summed E-state index contributed by atoms with van der Waals surface area (Å²) in [5, 5.41) is 6.57. The second-order valence-corrected chi connectivity index (χ2v) is 5.11. The van der Waals surface area contributed by atoms with E-state index < -0.39 is 0 Å². The van der Waals surface area contributed by atoms with E-state index in [1.165, 1.54) is 19.3 Å². The molecule has 2 N–H and O–H groups in total. The molecule has 2 saturated heterocycles. The second-order valence-electron chi connectivity index (χ2n) is 5.11. The summed E-state index contributed by atoms with van der Waals surface area (Å²) in [5.74, 6) is 0.409. The molecule has 1 unspecified atom stereocenters. The van der Waals surface area contributed by atoms with E-state index in [2.05, 4.69) is 10.6 Å². The Balaban J connectivity index is 1.58. The van der Waals surface area contributed by atoms with E-state index in [0.29, 0.717) is 6.04 Å². The predicted molar refractivity (Wildman–Crippen MR) is 66.8 cm³/mol. The van der Waals surface area contributed by atoms with E-state index in [4.69, 9.17) is 4.74 Å². The molecule has 4 nitrogen and oxygen atoms in total. The lowest BCUT2D eigenvalue weighted by molar-refractivity contribution is -0.127. The second kappa shape index (κ2) is 6.97. The molecule has 1 atom stereocenters. The molecular formula is C13H24N2O2. The Morgan fingerprint density at radius 2 is 2.06 bits per heavy atom. The van der Waals surface area contributed by atoms with Crippen LogP contribution in [0.1, 0.15) is 38.5 Å². The Kier molecular flexibility index (Phi) is 5.26. The van der Waals surface area contributed by atoms with Crippen molar-refractivity contribution in [1.82, 2.24) is 10.6 Å². The largest absolute Gasteiger partial charge is 0.381 e. The summed E-state index contributed by atoms with van der Waals surface area (Å²) in [5.41, 5.74) is 0. The lowest BCUT2D eigenvalue weighted by atomic mass is 9.99. The number of nitrogens with one attached hydrogen (secondary N) is 2. The molecule has 2 fully saturated rings. The van der Waals surface area contributed by atoms with E-state index >= 15 is 0 Å².